The molecule has 2 rings (SSSR count). The number of hydrogen-bond donors (Lipinski definition) is 1. The van der Waals surface area contributed by atoms with Crippen molar-refractivity contribution in [2.24, 2.45) is 5.41 Å². The predicted molar refractivity (Wildman–Crippen MR) is 76.2 cm³/mol. The molecule has 0 saturated heterocycles. The number of aryl methyl sites for hydroxylation is 1. The summed E-state index contributed by atoms with van der Waals surface area (Å²) in [5.41, 5.74) is 0.477. The van der Waals surface area contributed by atoms with E-state index in [1.807, 2.05) is 6.92 Å². The summed E-state index contributed by atoms with van der Waals surface area (Å²) in [6, 6.07) is 4.89. The molecule has 1 amide bonds. The van der Waals surface area contributed by atoms with E-state index in [1.165, 1.54) is 6.07 Å². The summed E-state index contributed by atoms with van der Waals surface area (Å²) < 4.78 is 19.6. The molecule has 0 spiro atoms. The molecule has 2 unspecified atom stereocenters. The van der Waals surface area contributed by atoms with Crippen LogP contribution in [-0.4, -0.2) is 24.7 Å². The molecule has 0 radical (unpaired) electrons. The quantitative estimate of drug-likeness (QED) is 0.920. The highest BCUT2D eigenvalue weighted by Crippen LogP contribution is 2.42. The lowest BCUT2D eigenvalue weighted by atomic mass is 9.64. The molecule has 1 aliphatic rings. The van der Waals surface area contributed by atoms with E-state index in [4.69, 9.17) is 4.74 Å². The molecule has 110 valence electrons. The lowest BCUT2D eigenvalue weighted by Crippen LogP contribution is -2.62. The van der Waals surface area contributed by atoms with Crippen molar-refractivity contribution in [1.82, 2.24) is 5.32 Å². The molecule has 1 aromatic carbocycles. The zero-order valence-corrected chi connectivity index (χ0v) is 12.5. The van der Waals surface area contributed by atoms with Gasteiger partial charge in [0.1, 0.15) is 5.82 Å². The van der Waals surface area contributed by atoms with Crippen LogP contribution in [0.15, 0.2) is 18.2 Å². The standard InChI is InChI=1S/C16H22FNO2/c1-5-20-13-9-12(16(13,3)4)18-15(19)11-8-6-7-10(2)14(11)17/h6-8,12-13H,5,9H2,1-4H3,(H,18,19). The van der Waals surface area contributed by atoms with Gasteiger partial charge in [-0.15, -0.1) is 0 Å². The summed E-state index contributed by atoms with van der Waals surface area (Å²) >= 11 is 0. The van der Waals surface area contributed by atoms with Crippen LogP contribution >= 0.6 is 0 Å². The number of amides is 1. The van der Waals surface area contributed by atoms with Gasteiger partial charge in [-0.3, -0.25) is 4.79 Å². The monoisotopic (exact) mass is 279 g/mol. The minimum absolute atomic E-state index is 0.0199. The van der Waals surface area contributed by atoms with Crippen molar-refractivity contribution in [1.29, 1.82) is 0 Å². The third-order valence-corrected chi connectivity index (χ3v) is 4.29. The summed E-state index contributed by atoms with van der Waals surface area (Å²) in [5.74, 6) is -0.789. The first-order valence-corrected chi connectivity index (χ1v) is 7.05. The largest absolute Gasteiger partial charge is 0.378 e. The molecule has 1 N–H and O–H groups in total. The first-order chi connectivity index (χ1) is 9.37. The molecule has 1 aliphatic carbocycles. The van der Waals surface area contributed by atoms with Crippen LogP contribution < -0.4 is 5.32 Å². The molecule has 20 heavy (non-hydrogen) atoms. The van der Waals surface area contributed by atoms with Gasteiger partial charge in [0.15, 0.2) is 0 Å². The maximum atomic E-state index is 13.9. The molecule has 0 bridgehead atoms. The molecule has 1 fully saturated rings. The second-order valence-corrected chi connectivity index (χ2v) is 5.96. The summed E-state index contributed by atoms with van der Waals surface area (Å²) in [5, 5.41) is 2.92. The van der Waals surface area contributed by atoms with Crippen molar-refractivity contribution in [3.05, 3.63) is 35.1 Å². The zero-order chi connectivity index (χ0) is 14.9. The molecule has 1 aromatic rings. The molecule has 1 saturated carbocycles. The van der Waals surface area contributed by atoms with E-state index in [0.29, 0.717) is 12.2 Å². The van der Waals surface area contributed by atoms with Gasteiger partial charge >= 0.3 is 0 Å². The van der Waals surface area contributed by atoms with Crippen LogP contribution in [0.4, 0.5) is 4.39 Å². The lowest BCUT2D eigenvalue weighted by Gasteiger charge is -2.51. The summed E-state index contributed by atoms with van der Waals surface area (Å²) in [6.45, 7) is 8.42. The number of benzene rings is 1. The minimum Gasteiger partial charge on any atom is -0.378 e. The van der Waals surface area contributed by atoms with Crippen LogP contribution in [0.2, 0.25) is 0 Å². The molecular formula is C16H22FNO2. The van der Waals surface area contributed by atoms with E-state index in [9.17, 15) is 9.18 Å². The van der Waals surface area contributed by atoms with E-state index in [1.54, 1.807) is 19.1 Å². The van der Waals surface area contributed by atoms with Crippen molar-refractivity contribution < 1.29 is 13.9 Å². The Bertz CT molecular complexity index is 513. The highest BCUT2D eigenvalue weighted by atomic mass is 19.1. The van der Waals surface area contributed by atoms with Gasteiger partial charge in [0.25, 0.3) is 5.91 Å². The van der Waals surface area contributed by atoms with Crippen LogP contribution in [0.3, 0.4) is 0 Å². The molecule has 2 atom stereocenters. The van der Waals surface area contributed by atoms with Crippen molar-refractivity contribution in [2.45, 2.75) is 46.3 Å². The maximum Gasteiger partial charge on any atom is 0.254 e. The van der Waals surface area contributed by atoms with Gasteiger partial charge in [0.05, 0.1) is 11.7 Å². The first-order valence-electron chi connectivity index (χ1n) is 7.05. The van der Waals surface area contributed by atoms with E-state index in [0.717, 1.165) is 6.42 Å². The number of rotatable bonds is 4. The zero-order valence-electron chi connectivity index (χ0n) is 12.5. The normalized spacial score (nSPS) is 24.1. The van der Waals surface area contributed by atoms with E-state index < -0.39 is 5.82 Å². The molecule has 0 aromatic heterocycles. The van der Waals surface area contributed by atoms with Crippen molar-refractivity contribution in [3.8, 4) is 0 Å². The molecule has 3 nitrogen and oxygen atoms in total. The highest BCUT2D eigenvalue weighted by molar-refractivity contribution is 5.95. The fraction of sp³-hybridized carbons (Fsp3) is 0.562. The second-order valence-electron chi connectivity index (χ2n) is 5.96. The number of ether oxygens (including phenoxy) is 1. The number of nitrogens with one attached hydrogen (secondary N) is 1. The Morgan fingerprint density at radius 2 is 2.20 bits per heavy atom. The van der Waals surface area contributed by atoms with Gasteiger partial charge in [0.2, 0.25) is 0 Å². The molecule has 0 heterocycles. The molecule has 4 heteroatoms. The van der Waals surface area contributed by atoms with E-state index >= 15 is 0 Å². The number of hydrogen-bond acceptors (Lipinski definition) is 2. The van der Waals surface area contributed by atoms with Gasteiger partial charge < -0.3 is 10.1 Å². The van der Waals surface area contributed by atoms with E-state index in [2.05, 4.69) is 19.2 Å². The Morgan fingerprint density at radius 3 is 2.80 bits per heavy atom. The number of carbonyl (C=O) groups excluding carboxylic acids is 1. The third-order valence-electron chi connectivity index (χ3n) is 4.29. The van der Waals surface area contributed by atoms with Crippen molar-refractivity contribution in [2.75, 3.05) is 6.61 Å². The Kier molecular flexibility index (Phi) is 4.14. The van der Waals surface area contributed by atoms with Gasteiger partial charge in [-0.25, -0.2) is 4.39 Å². The second kappa shape index (κ2) is 5.52. The van der Waals surface area contributed by atoms with Crippen LogP contribution in [0.25, 0.3) is 0 Å². The van der Waals surface area contributed by atoms with Gasteiger partial charge in [-0.05, 0) is 31.9 Å². The molecule has 0 aliphatic heterocycles. The third kappa shape index (κ3) is 2.57. The van der Waals surface area contributed by atoms with Gasteiger partial charge in [-0.2, -0.15) is 0 Å². The van der Waals surface area contributed by atoms with Crippen LogP contribution in [0, 0.1) is 18.2 Å². The van der Waals surface area contributed by atoms with Crippen LogP contribution in [0.1, 0.15) is 43.1 Å². The molecular weight excluding hydrogens is 257 g/mol. The van der Waals surface area contributed by atoms with Gasteiger partial charge in [-0.1, -0.05) is 26.0 Å². The average molecular weight is 279 g/mol. The van der Waals surface area contributed by atoms with Crippen LogP contribution in [-0.2, 0) is 4.74 Å². The van der Waals surface area contributed by atoms with Crippen molar-refractivity contribution >= 4 is 5.91 Å². The fourth-order valence-corrected chi connectivity index (χ4v) is 2.67. The predicted octanol–water partition coefficient (Wildman–Crippen LogP) is 3.07. The summed E-state index contributed by atoms with van der Waals surface area (Å²) in [4.78, 5) is 12.2. The van der Waals surface area contributed by atoms with Gasteiger partial charge in [0, 0.05) is 18.1 Å². The SMILES string of the molecule is CCOC1CC(NC(=O)c2cccc(C)c2F)C1(C)C. The fourth-order valence-electron chi connectivity index (χ4n) is 2.67. The number of halogens is 1. The summed E-state index contributed by atoms with van der Waals surface area (Å²) in [7, 11) is 0. The Labute approximate surface area is 119 Å². The minimum atomic E-state index is -0.441. The topological polar surface area (TPSA) is 38.3 Å². The first kappa shape index (κ1) is 15.0. The Hall–Kier alpha value is -1.42. The van der Waals surface area contributed by atoms with E-state index in [-0.39, 0.29) is 29.0 Å². The Morgan fingerprint density at radius 1 is 1.50 bits per heavy atom. The van der Waals surface area contributed by atoms with Crippen LogP contribution in [0.5, 0.6) is 0 Å². The maximum absolute atomic E-state index is 13.9. The average Bonchev–Trinajstić information content (AvgIpc) is 2.40. The number of carbonyl (C=O) groups is 1. The van der Waals surface area contributed by atoms with Crippen molar-refractivity contribution in [3.63, 3.8) is 0 Å². The summed E-state index contributed by atoms with van der Waals surface area (Å²) in [6.07, 6.45) is 0.931. The smallest absolute Gasteiger partial charge is 0.254 e. The Balaban J connectivity index is 2.05. The highest BCUT2D eigenvalue weighted by Gasteiger charge is 2.49. The lowest BCUT2D eigenvalue weighted by molar-refractivity contribution is -0.111.